The van der Waals surface area contributed by atoms with Crippen LogP contribution in [-0.2, 0) is 9.53 Å². The molecule has 0 heterocycles. The van der Waals surface area contributed by atoms with E-state index < -0.39 is 0 Å². The van der Waals surface area contributed by atoms with Crippen LogP contribution < -0.4 is 5.73 Å². The first-order valence-electron chi connectivity index (χ1n) is 7.73. The Balaban J connectivity index is 3.76. The summed E-state index contributed by atoms with van der Waals surface area (Å²) < 4.78 is 5.05. The fourth-order valence-corrected chi connectivity index (χ4v) is 2.06. The van der Waals surface area contributed by atoms with Gasteiger partial charge in [0.25, 0.3) is 0 Å². The van der Waals surface area contributed by atoms with E-state index in [0.717, 1.165) is 19.4 Å². The number of methoxy groups -OCH3 is 1. The Morgan fingerprint density at radius 3 is 2.37 bits per heavy atom. The van der Waals surface area contributed by atoms with Crippen LogP contribution in [0.1, 0.15) is 58.3 Å². The maximum atomic E-state index is 12.1. The molecule has 0 fully saturated rings. The molecule has 2 N–H and O–H groups in total. The van der Waals surface area contributed by atoms with E-state index in [9.17, 15) is 4.79 Å². The molecule has 0 aliphatic heterocycles. The number of rotatable bonds is 13. The van der Waals surface area contributed by atoms with Crippen LogP contribution >= 0.6 is 0 Å². The molecule has 19 heavy (non-hydrogen) atoms. The summed E-state index contributed by atoms with van der Waals surface area (Å²) in [5.74, 6) is 0.251. The maximum Gasteiger partial charge on any atom is 0.222 e. The molecule has 4 nitrogen and oxygen atoms in total. The number of nitrogens with zero attached hydrogens (tertiary/aromatic N) is 1. The molecule has 0 aromatic carbocycles. The van der Waals surface area contributed by atoms with Crippen LogP contribution in [0.2, 0.25) is 0 Å². The van der Waals surface area contributed by atoms with Crippen LogP contribution in [0.15, 0.2) is 0 Å². The summed E-state index contributed by atoms with van der Waals surface area (Å²) in [4.78, 5) is 14.0. The van der Waals surface area contributed by atoms with Crippen LogP contribution in [0.25, 0.3) is 0 Å². The molecule has 4 heteroatoms. The molecular formula is C15H32N2O2. The minimum absolute atomic E-state index is 0.251. The van der Waals surface area contributed by atoms with Gasteiger partial charge in [-0.2, -0.15) is 0 Å². The molecule has 0 aromatic heterocycles. The van der Waals surface area contributed by atoms with Crippen molar-refractivity contribution >= 4 is 5.91 Å². The standard InChI is InChI=1S/C15H32N2O2/c1-3-4-5-6-7-8-10-15(18)17(12-9-11-16)13-14-19-2/h3-14,16H2,1-2H3. The average Bonchev–Trinajstić information content (AvgIpc) is 2.42. The van der Waals surface area contributed by atoms with Crippen LogP contribution in [0, 0.1) is 0 Å². The number of carbonyl (C=O) groups excluding carboxylic acids is 1. The van der Waals surface area contributed by atoms with Crippen LogP contribution in [0.5, 0.6) is 0 Å². The van der Waals surface area contributed by atoms with Gasteiger partial charge in [-0.15, -0.1) is 0 Å². The molecular weight excluding hydrogens is 240 g/mol. The fraction of sp³-hybridized carbons (Fsp3) is 0.933. The van der Waals surface area contributed by atoms with Crippen molar-refractivity contribution in [3.63, 3.8) is 0 Å². The van der Waals surface area contributed by atoms with E-state index in [4.69, 9.17) is 10.5 Å². The first kappa shape index (κ1) is 18.4. The lowest BCUT2D eigenvalue weighted by molar-refractivity contribution is -0.132. The molecule has 0 rings (SSSR count). The molecule has 0 saturated heterocycles. The van der Waals surface area contributed by atoms with E-state index in [2.05, 4.69) is 6.92 Å². The molecule has 1 amide bonds. The maximum absolute atomic E-state index is 12.1. The van der Waals surface area contributed by atoms with Crippen molar-refractivity contribution in [1.29, 1.82) is 0 Å². The lowest BCUT2D eigenvalue weighted by Crippen LogP contribution is -2.35. The molecule has 114 valence electrons. The molecule has 0 radical (unpaired) electrons. The second-order valence-electron chi connectivity index (χ2n) is 5.03. The molecule has 0 atom stereocenters. The zero-order chi connectivity index (χ0) is 14.3. The third-order valence-electron chi connectivity index (χ3n) is 3.29. The molecule has 0 saturated carbocycles. The van der Waals surface area contributed by atoms with E-state index >= 15 is 0 Å². The summed E-state index contributed by atoms with van der Waals surface area (Å²) in [7, 11) is 1.67. The minimum Gasteiger partial charge on any atom is -0.383 e. The van der Waals surface area contributed by atoms with Crippen molar-refractivity contribution in [3.05, 3.63) is 0 Å². The number of hydrogen-bond donors (Lipinski definition) is 1. The lowest BCUT2D eigenvalue weighted by atomic mass is 10.1. The van der Waals surface area contributed by atoms with Crippen molar-refractivity contribution in [2.75, 3.05) is 33.4 Å². The molecule has 0 aliphatic rings. The second kappa shape index (κ2) is 13.8. The summed E-state index contributed by atoms with van der Waals surface area (Å²) in [6.07, 6.45) is 8.84. The number of hydrogen-bond acceptors (Lipinski definition) is 3. The average molecular weight is 272 g/mol. The lowest BCUT2D eigenvalue weighted by Gasteiger charge is -2.22. The smallest absolute Gasteiger partial charge is 0.222 e. The predicted octanol–water partition coefficient (Wildman–Crippen LogP) is 2.56. The third-order valence-corrected chi connectivity index (χ3v) is 3.29. The van der Waals surface area contributed by atoms with Gasteiger partial charge in [0.15, 0.2) is 0 Å². The molecule has 0 unspecified atom stereocenters. The number of nitrogens with two attached hydrogens (primary N) is 1. The van der Waals surface area contributed by atoms with Crippen molar-refractivity contribution in [3.8, 4) is 0 Å². The van der Waals surface area contributed by atoms with Crippen molar-refractivity contribution in [1.82, 2.24) is 4.90 Å². The SMILES string of the molecule is CCCCCCCCC(=O)N(CCCN)CCOC. The van der Waals surface area contributed by atoms with Gasteiger partial charge >= 0.3 is 0 Å². The number of amides is 1. The Bertz CT molecular complexity index is 202. The van der Waals surface area contributed by atoms with Gasteiger partial charge in [-0.25, -0.2) is 0 Å². The molecule has 0 bridgehead atoms. The van der Waals surface area contributed by atoms with Crippen LogP contribution in [-0.4, -0.2) is 44.2 Å². The van der Waals surface area contributed by atoms with Gasteiger partial charge in [0, 0.05) is 26.6 Å². The highest BCUT2D eigenvalue weighted by atomic mass is 16.5. The van der Waals surface area contributed by atoms with Gasteiger partial charge in [-0.05, 0) is 19.4 Å². The quantitative estimate of drug-likeness (QED) is 0.524. The Labute approximate surface area is 118 Å². The normalized spacial score (nSPS) is 10.7. The zero-order valence-electron chi connectivity index (χ0n) is 12.8. The number of carbonyl (C=O) groups is 1. The second-order valence-corrected chi connectivity index (χ2v) is 5.03. The van der Waals surface area contributed by atoms with Crippen LogP contribution in [0.3, 0.4) is 0 Å². The van der Waals surface area contributed by atoms with Gasteiger partial charge in [0.05, 0.1) is 6.61 Å². The van der Waals surface area contributed by atoms with E-state index in [1.54, 1.807) is 7.11 Å². The van der Waals surface area contributed by atoms with Crippen LogP contribution in [0.4, 0.5) is 0 Å². The predicted molar refractivity (Wildman–Crippen MR) is 80.1 cm³/mol. The summed E-state index contributed by atoms with van der Waals surface area (Å²) >= 11 is 0. The monoisotopic (exact) mass is 272 g/mol. The van der Waals surface area contributed by atoms with Gasteiger partial charge in [-0.3, -0.25) is 4.79 Å². The summed E-state index contributed by atoms with van der Waals surface area (Å²) in [6, 6.07) is 0. The van der Waals surface area contributed by atoms with E-state index in [0.29, 0.717) is 26.1 Å². The Kier molecular flexibility index (Phi) is 13.4. The van der Waals surface area contributed by atoms with Gasteiger partial charge in [0.1, 0.15) is 0 Å². The Morgan fingerprint density at radius 1 is 1.05 bits per heavy atom. The first-order valence-corrected chi connectivity index (χ1v) is 7.73. The highest BCUT2D eigenvalue weighted by Crippen LogP contribution is 2.08. The summed E-state index contributed by atoms with van der Waals surface area (Å²) in [6.45, 7) is 4.90. The molecule has 0 aromatic rings. The third kappa shape index (κ3) is 11.0. The molecule has 0 spiro atoms. The number of ether oxygens (including phenoxy) is 1. The Hall–Kier alpha value is -0.610. The van der Waals surface area contributed by atoms with E-state index in [1.165, 1.54) is 32.1 Å². The van der Waals surface area contributed by atoms with Gasteiger partial charge in [-0.1, -0.05) is 39.0 Å². The summed E-state index contributed by atoms with van der Waals surface area (Å²) in [5, 5.41) is 0. The fourth-order valence-electron chi connectivity index (χ4n) is 2.06. The van der Waals surface area contributed by atoms with E-state index in [-0.39, 0.29) is 5.91 Å². The minimum atomic E-state index is 0.251. The van der Waals surface area contributed by atoms with Crippen molar-refractivity contribution in [2.24, 2.45) is 5.73 Å². The summed E-state index contributed by atoms with van der Waals surface area (Å²) in [5.41, 5.74) is 5.50. The van der Waals surface area contributed by atoms with Gasteiger partial charge < -0.3 is 15.4 Å². The largest absolute Gasteiger partial charge is 0.383 e. The zero-order valence-corrected chi connectivity index (χ0v) is 12.8. The Morgan fingerprint density at radius 2 is 1.74 bits per heavy atom. The highest BCUT2D eigenvalue weighted by Gasteiger charge is 2.11. The van der Waals surface area contributed by atoms with Gasteiger partial charge in [0.2, 0.25) is 5.91 Å². The highest BCUT2D eigenvalue weighted by molar-refractivity contribution is 5.76. The van der Waals surface area contributed by atoms with Crippen molar-refractivity contribution < 1.29 is 9.53 Å². The van der Waals surface area contributed by atoms with E-state index in [1.807, 2.05) is 4.90 Å². The topological polar surface area (TPSA) is 55.6 Å². The first-order chi connectivity index (χ1) is 9.26. The number of unbranched alkanes of at least 4 members (excludes halogenated alkanes) is 5. The molecule has 0 aliphatic carbocycles. The van der Waals surface area contributed by atoms with Crippen molar-refractivity contribution in [2.45, 2.75) is 58.3 Å².